The summed E-state index contributed by atoms with van der Waals surface area (Å²) in [6.07, 6.45) is 0. The first-order valence-electron chi connectivity index (χ1n) is 8.24. The SMILES string of the molecule is CCOc1cccc2cc3c(=O)n(-c4ccc(C)cc4C)nc-3oc12. The zero-order chi connectivity index (χ0) is 17.6. The highest BCUT2D eigenvalue weighted by atomic mass is 16.5. The molecule has 2 aromatic rings. The van der Waals surface area contributed by atoms with E-state index in [9.17, 15) is 4.79 Å². The number of aryl methyl sites for hydroxylation is 2. The lowest BCUT2D eigenvalue weighted by atomic mass is 10.1. The van der Waals surface area contributed by atoms with Gasteiger partial charge in [0.1, 0.15) is 5.56 Å². The van der Waals surface area contributed by atoms with Crippen molar-refractivity contribution in [1.29, 1.82) is 0 Å². The molecule has 0 saturated carbocycles. The van der Waals surface area contributed by atoms with Crippen molar-refractivity contribution in [3.8, 4) is 22.9 Å². The summed E-state index contributed by atoms with van der Waals surface area (Å²) in [5, 5.41) is 5.22. The molecule has 2 aliphatic rings. The van der Waals surface area contributed by atoms with Gasteiger partial charge in [0, 0.05) is 5.39 Å². The van der Waals surface area contributed by atoms with Crippen LogP contribution in [0.1, 0.15) is 18.1 Å². The first-order chi connectivity index (χ1) is 12.1. The van der Waals surface area contributed by atoms with Gasteiger partial charge in [0.2, 0.25) is 5.89 Å². The number of hydrogen-bond donors (Lipinski definition) is 0. The minimum atomic E-state index is -0.186. The van der Waals surface area contributed by atoms with Crippen LogP contribution in [0, 0.1) is 13.8 Å². The van der Waals surface area contributed by atoms with Gasteiger partial charge in [-0.15, -0.1) is 5.10 Å². The van der Waals surface area contributed by atoms with E-state index in [1.54, 1.807) is 0 Å². The van der Waals surface area contributed by atoms with Gasteiger partial charge in [0.25, 0.3) is 5.56 Å². The highest BCUT2D eigenvalue weighted by molar-refractivity contribution is 5.86. The van der Waals surface area contributed by atoms with Crippen LogP contribution in [-0.4, -0.2) is 16.4 Å². The molecule has 0 spiro atoms. The van der Waals surface area contributed by atoms with E-state index in [1.165, 1.54) is 4.68 Å². The quantitative estimate of drug-likeness (QED) is 0.566. The molecule has 2 aromatic carbocycles. The topological polar surface area (TPSA) is 57.3 Å². The summed E-state index contributed by atoms with van der Waals surface area (Å²) in [6.45, 7) is 6.44. The van der Waals surface area contributed by atoms with Gasteiger partial charge in [-0.2, -0.15) is 4.68 Å². The lowest BCUT2D eigenvalue weighted by Gasteiger charge is -2.06. The van der Waals surface area contributed by atoms with E-state index < -0.39 is 0 Å². The van der Waals surface area contributed by atoms with Crippen molar-refractivity contribution in [2.75, 3.05) is 6.61 Å². The Balaban J connectivity index is 1.99. The second-order valence-corrected chi connectivity index (χ2v) is 6.08. The van der Waals surface area contributed by atoms with Crippen LogP contribution >= 0.6 is 0 Å². The highest BCUT2D eigenvalue weighted by Gasteiger charge is 2.21. The van der Waals surface area contributed by atoms with Gasteiger partial charge in [-0.3, -0.25) is 4.79 Å². The first kappa shape index (κ1) is 15.4. The molecule has 0 unspecified atom stereocenters. The Morgan fingerprint density at radius 3 is 2.76 bits per heavy atom. The minimum Gasteiger partial charge on any atom is -0.490 e. The van der Waals surface area contributed by atoms with Crippen LogP contribution < -0.4 is 10.3 Å². The van der Waals surface area contributed by atoms with Crippen LogP contribution in [0.5, 0.6) is 5.75 Å². The Kier molecular flexibility index (Phi) is 3.57. The summed E-state index contributed by atoms with van der Waals surface area (Å²) < 4.78 is 12.9. The number of nitrogens with zero attached hydrogens (tertiary/aromatic N) is 2. The summed E-state index contributed by atoms with van der Waals surface area (Å²) in [6, 6.07) is 13.3. The normalized spacial score (nSPS) is 11.3. The average Bonchev–Trinajstić information content (AvgIpc) is 2.90. The molecule has 0 bridgehead atoms. The molecule has 5 nitrogen and oxygen atoms in total. The molecule has 0 N–H and O–H groups in total. The smallest absolute Gasteiger partial charge is 0.284 e. The molecule has 0 saturated heterocycles. The van der Waals surface area contributed by atoms with Gasteiger partial charge in [0.05, 0.1) is 12.3 Å². The molecule has 126 valence electrons. The maximum absolute atomic E-state index is 12.8. The highest BCUT2D eigenvalue weighted by Crippen LogP contribution is 2.31. The van der Waals surface area contributed by atoms with Crippen molar-refractivity contribution < 1.29 is 9.15 Å². The number of ether oxygens (including phenoxy) is 1. The van der Waals surface area contributed by atoms with Crippen LogP contribution in [0.15, 0.2) is 51.7 Å². The van der Waals surface area contributed by atoms with Crippen molar-refractivity contribution in [3.05, 3.63) is 63.9 Å². The van der Waals surface area contributed by atoms with Crippen molar-refractivity contribution in [2.24, 2.45) is 0 Å². The molecule has 0 aliphatic carbocycles. The lowest BCUT2D eigenvalue weighted by molar-refractivity contribution is 0.338. The minimum absolute atomic E-state index is 0.186. The molecule has 0 fully saturated rings. The van der Waals surface area contributed by atoms with Gasteiger partial charge in [0.15, 0.2) is 11.3 Å². The van der Waals surface area contributed by atoms with Gasteiger partial charge >= 0.3 is 0 Å². The molecular formula is C20H18N2O3. The maximum Gasteiger partial charge on any atom is 0.284 e. The van der Waals surface area contributed by atoms with Crippen LogP contribution in [0.25, 0.3) is 28.1 Å². The Labute approximate surface area is 144 Å². The molecule has 0 atom stereocenters. The van der Waals surface area contributed by atoms with Crippen LogP contribution in [0.2, 0.25) is 0 Å². The monoisotopic (exact) mass is 334 g/mol. The third-order valence-corrected chi connectivity index (χ3v) is 4.23. The van der Waals surface area contributed by atoms with Crippen molar-refractivity contribution >= 4 is 11.0 Å². The molecule has 5 heteroatoms. The zero-order valence-corrected chi connectivity index (χ0v) is 14.4. The number of aromatic nitrogens is 2. The van der Waals surface area contributed by atoms with E-state index in [4.69, 9.17) is 9.15 Å². The number of fused-ring (bicyclic) bond motifs is 2. The van der Waals surface area contributed by atoms with E-state index in [2.05, 4.69) is 5.10 Å². The molecule has 0 amide bonds. The summed E-state index contributed by atoms with van der Waals surface area (Å²) in [5.41, 5.74) is 3.76. The standard InChI is InChI=1S/C20H18N2O3/c1-4-24-17-7-5-6-14-11-15-19(25-18(14)17)21-22(20(15)23)16-9-8-12(2)10-13(16)3/h5-11H,4H2,1-3H3. The maximum atomic E-state index is 12.8. The van der Waals surface area contributed by atoms with Gasteiger partial charge in [-0.25, -0.2) is 0 Å². The Hall–Kier alpha value is -3.08. The van der Waals surface area contributed by atoms with Gasteiger partial charge in [-0.05, 0) is 44.5 Å². The molecule has 2 heterocycles. The number of hydrogen-bond acceptors (Lipinski definition) is 4. The zero-order valence-electron chi connectivity index (χ0n) is 14.4. The van der Waals surface area contributed by atoms with Crippen LogP contribution in [-0.2, 0) is 0 Å². The van der Waals surface area contributed by atoms with E-state index in [0.717, 1.165) is 22.2 Å². The fourth-order valence-electron chi connectivity index (χ4n) is 3.08. The Morgan fingerprint density at radius 1 is 1.16 bits per heavy atom. The van der Waals surface area contributed by atoms with E-state index in [1.807, 2.05) is 63.2 Å². The third-order valence-electron chi connectivity index (χ3n) is 4.23. The molecule has 25 heavy (non-hydrogen) atoms. The predicted octanol–water partition coefficient (Wildman–Crippen LogP) is 4.10. The van der Waals surface area contributed by atoms with Crippen molar-refractivity contribution in [3.63, 3.8) is 0 Å². The number of rotatable bonds is 3. The van der Waals surface area contributed by atoms with Crippen molar-refractivity contribution in [1.82, 2.24) is 9.78 Å². The van der Waals surface area contributed by atoms with Crippen LogP contribution in [0.4, 0.5) is 0 Å². The molecule has 2 aliphatic heterocycles. The summed E-state index contributed by atoms with van der Waals surface area (Å²) in [5.74, 6) is 0.958. The molecule has 0 radical (unpaired) electrons. The van der Waals surface area contributed by atoms with Crippen LogP contribution in [0.3, 0.4) is 0 Å². The predicted molar refractivity (Wildman–Crippen MR) is 96.9 cm³/mol. The summed E-state index contributed by atoms with van der Waals surface area (Å²) in [7, 11) is 0. The second kappa shape index (κ2) is 5.77. The van der Waals surface area contributed by atoms with E-state index in [-0.39, 0.29) is 5.56 Å². The number of benzene rings is 2. The largest absolute Gasteiger partial charge is 0.490 e. The van der Waals surface area contributed by atoms with E-state index in [0.29, 0.717) is 29.4 Å². The first-order valence-corrected chi connectivity index (χ1v) is 8.24. The Morgan fingerprint density at radius 2 is 2.00 bits per heavy atom. The fraction of sp³-hybridized carbons (Fsp3) is 0.200. The molecule has 0 aromatic heterocycles. The second-order valence-electron chi connectivity index (χ2n) is 6.08. The fourth-order valence-corrected chi connectivity index (χ4v) is 3.08. The average molecular weight is 334 g/mol. The van der Waals surface area contributed by atoms with Gasteiger partial charge in [-0.1, -0.05) is 29.8 Å². The summed E-state index contributed by atoms with van der Waals surface area (Å²) in [4.78, 5) is 12.8. The number of para-hydroxylation sites is 1. The summed E-state index contributed by atoms with van der Waals surface area (Å²) >= 11 is 0. The van der Waals surface area contributed by atoms with E-state index >= 15 is 0 Å². The van der Waals surface area contributed by atoms with Gasteiger partial charge < -0.3 is 9.15 Å². The Bertz CT molecular complexity index is 1110. The van der Waals surface area contributed by atoms with Crippen molar-refractivity contribution in [2.45, 2.75) is 20.8 Å². The molecule has 4 rings (SSSR count). The third kappa shape index (κ3) is 2.48. The lowest BCUT2D eigenvalue weighted by Crippen LogP contribution is -2.15. The molecular weight excluding hydrogens is 316 g/mol.